The fraction of sp³-hybridized carbons (Fsp3) is 0.192. The molecule has 1 saturated carbocycles. The molecule has 184 valence electrons. The van der Waals surface area contributed by atoms with E-state index in [4.69, 9.17) is 58.0 Å². The molecule has 2 atom stereocenters. The lowest BCUT2D eigenvalue weighted by molar-refractivity contribution is -0.117. The van der Waals surface area contributed by atoms with Crippen LogP contribution in [0.15, 0.2) is 54.6 Å². The van der Waals surface area contributed by atoms with Gasteiger partial charge < -0.3 is 5.32 Å². The van der Waals surface area contributed by atoms with Gasteiger partial charge in [0.2, 0.25) is 5.91 Å². The van der Waals surface area contributed by atoms with E-state index in [1.54, 1.807) is 36.4 Å². The molecule has 0 spiro atoms. The van der Waals surface area contributed by atoms with E-state index < -0.39 is 22.1 Å². The molecule has 0 bridgehead atoms. The molecule has 0 aliphatic heterocycles. The number of halogens is 5. The van der Waals surface area contributed by atoms with Crippen molar-refractivity contribution < 1.29 is 9.59 Å². The van der Waals surface area contributed by atoms with Crippen molar-refractivity contribution in [1.29, 1.82) is 0 Å². The SMILES string of the molecule is Cc1ccc2c(CC(=O)c3cc(NC(=O)C4C(c5cc(Cl)cc(Cl)c5)C4(Cl)Cl)ccc3Cl)[nH]nc2c1. The summed E-state index contributed by atoms with van der Waals surface area (Å²) in [4.78, 5) is 26.2. The zero-order chi connectivity index (χ0) is 25.8. The molecule has 36 heavy (non-hydrogen) atoms. The molecule has 2 N–H and O–H groups in total. The summed E-state index contributed by atoms with van der Waals surface area (Å²) in [6.45, 7) is 1.98. The number of nitrogens with one attached hydrogen (secondary N) is 2. The standard InChI is InChI=1S/C26H18Cl5N3O2/c1-12-2-4-17-20(6-12)33-34-21(17)11-22(35)18-10-16(3-5-19(18)29)32-25(36)24-23(26(24,30)31)13-7-14(27)9-15(28)8-13/h2-10,23-24H,11H2,1H3,(H,32,36)(H,33,34). The number of benzene rings is 3. The molecule has 0 radical (unpaired) electrons. The number of fused-ring (bicyclic) bond motifs is 1. The van der Waals surface area contributed by atoms with E-state index in [0.717, 1.165) is 16.5 Å². The Morgan fingerprint density at radius 1 is 1.00 bits per heavy atom. The Balaban J connectivity index is 1.34. The first kappa shape index (κ1) is 25.4. The van der Waals surface area contributed by atoms with Gasteiger partial charge in [-0.2, -0.15) is 5.10 Å². The molecule has 5 nitrogen and oxygen atoms in total. The van der Waals surface area contributed by atoms with E-state index in [1.807, 2.05) is 25.1 Å². The number of aromatic nitrogens is 2. The van der Waals surface area contributed by atoms with Crippen LogP contribution in [-0.2, 0) is 11.2 Å². The van der Waals surface area contributed by atoms with Crippen molar-refractivity contribution in [3.63, 3.8) is 0 Å². The summed E-state index contributed by atoms with van der Waals surface area (Å²) in [5, 5.41) is 12.0. The second-order valence-corrected chi connectivity index (χ2v) is 11.6. The van der Waals surface area contributed by atoms with E-state index in [2.05, 4.69) is 15.5 Å². The smallest absolute Gasteiger partial charge is 0.231 e. The van der Waals surface area contributed by atoms with Crippen molar-refractivity contribution in [2.75, 3.05) is 5.32 Å². The van der Waals surface area contributed by atoms with Crippen LogP contribution < -0.4 is 5.32 Å². The third-order valence-electron chi connectivity index (χ3n) is 6.24. The largest absolute Gasteiger partial charge is 0.326 e. The number of H-pyrrole nitrogens is 1. The number of carbonyl (C=O) groups is 2. The Hall–Kier alpha value is -2.28. The molecular formula is C26H18Cl5N3O2. The zero-order valence-electron chi connectivity index (χ0n) is 18.7. The number of hydrogen-bond acceptors (Lipinski definition) is 3. The minimum atomic E-state index is -1.32. The van der Waals surface area contributed by atoms with Gasteiger partial charge in [0.05, 0.1) is 28.6 Å². The van der Waals surface area contributed by atoms with Gasteiger partial charge in [0.25, 0.3) is 0 Å². The number of aromatic amines is 1. The number of nitrogens with zero attached hydrogens (tertiary/aromatic N) is 1. The van der Waals surface area contributed by atoms with E-state index in [0.29, 0.717) is 27.0 Å². The maximum atomic E-state index is 13.1. The van der Waals surface area contributed by atoms with Gasteiger partial charge in [0, 0.05) is 32.6 Å². The number of alkyl halides is 2. The summed E-state index contributed by atoms with van der Waals surface area (Å²) in [5.41, 5.74) is 3.91. The van der Waals surface area contributed by atoms with Gasteiger partial charge in [-0.1, -0.05) is 46.9 Å². The van der Waals surface area contributed by atoms with Gasteiger partial charge in [-0.3, -0.25) is 14.7 Å². The predicted octanol–water partition coefficient (Wildman–Crippen LogP) is 7.78. The quantitative estimate of drug-likeness (QED) is 0.180. The monoisotopic (exact) mass is 579 g/mol. The number of ketones is 1. The van der Waals surface area contributed by atoms with Gasteiger partial charge in [-0.15, -0.1) is 23.2 Å². The molecule has 10 heteroatoms. The lowest BCUT2D eigenvalue weighted by Gasteiger charge is -2.09. The maximum absolute atomic E-state index is 13.1. The highest BCUT2D eigenvalue weighted by Gasteiger charge is 2.67. The highest BCUT2D eigenvalue weighted by atomic mass is 35.5. The van der Waals surface area contributed by atoms with Crippen LogP contribution in [0.25, 0.3) is 10.9 Å². The van der Waals surface area contributed by atoms with Crippen LogP contribution in [-0.4, -0.2) is 26.2 Å². The molecule has 1 aromatic heterocycles. The van der Waals surface area contributed by atoms with Crippen molar-refractivity contribution in [2.24, 2.45) is 5.92 Å². The molecule has 1 aliphatic rings. The van der Waals surface area contributed by atoms with Gasteiger partial charge in [0.1, 0.15) is 4.33 Å². The minimum absolute atomic E-state index is 0.0728. The number of carbonyl (C=O) groups excluding carboxylic acids is 2. The number of amides is 1. The first-order chi connectivity index (χ1) is 17.0. The fourth-order valence-electron chi connectivity index (χ4n) is 4.43. The summed E-state index contributed by atoms with van der Waals surface area (Å²) in [6, 6.07) is 15.5. The fourth-order valence-corrected chi connectivity index (χ4v) is 6.02. The Labute approximate surface area is 232 Å². The van der Waals surface area contributed by atoms with Crippen molar-refractivity contribution in [3.8, 4) is 0 Å². The Morgan fingerprint density at radius 2 is 1.72 bits per heavy atom. The zero-order valence-corrected chi connectivity index (χ0v) is 22.5. The molecule has 3 aromatic carbocycles. The minimum Gasteiger partial charge on any atom is -0.326 e. The molecule has 1 amide bonds. The van der Waals surface area contributed by atoms with Crippen LogP contribution in [0.3, 0.4) is 0 Å². The second-order valence-electron chi connectivity index (χ2n) is 8.84. The van der Waals surface area contributed by atoms with Crippen LogP contribution in [0.4, 0.5) is 5.69 Å². The average Bonchev–Trinajstić information content (AvgIpc) is 3.18. The normalized spacial score (nSPS) is 18.3. The predicted molar refractivity (Wildman–Crippen MR) is 146 cm³/mol. The van der Waals surface area contributed by atoms with Gasteiger partial charge >= 0.3 is 0 Å². The van der Waals surface area contributed by atoms with Crippen molar-refractivity contribution in [2.45, 2.75) is 23.6 Å². The van der Waals surface area contributed by atoms with Crippen LogP contribution in [0.2, 0.25) is 15.1 Å². The summed E-state index contributed by atoms with van der Waals surface area (Å²) >= 11 is 31.4. The van der Waals surface area contributed by atoms with Crippen LogP contribution >= 0.6 is 58.0 Å². The van der Waals surface area contributed by atoms with E-state index in [-0.39, 0.29) is 22.8 Å². The number of rotatable bonds is 6. The number of anilines is 1. The molecule has 2 unspecified atom stereocenters. The molecule has 5 rings (SSSR count). The second kappa shape index (κ2) is 9.55. The van der Waals surface area contributed by atoms with Crippen LogP contribution in [0, 0.1) is 12.8 Å². The Morgan fingerprint density at radius 3 is 2.44 bits per heavy atom. The number of aryl methyl sites for hydroxylation is 1. The van der Waals surface area contributed by atoms with E-state index in [1.165, 1.54) is 0 Å². The third kappa shape index (κ3) is 4.83. The maximum Gasteiger partial charge on any atom is 0.231 e. The van der Waals surface area contributed by atoms with Crippen LogP contribution in [0.1, 0.15) is 33.1 Å². The molecule has 4 aromatic rings. The topological polar surface area (TPSA) is 74.8 Å². The van der Waals surface area contributed by atoms with E-state index >= 15 is 0 Å². The number of hydrogen-bond donors (Lipinski definition) is 2. The van der Waals surface area contributed by atoms with E-state index in [9.17, 15) is 9.59 Å². The molecule has 1 heterocycles. The Bertz CT molecular complexity index is 1510. The summed E-state index contributed by atoms with van der Waals surface area (Å²) in [6.07, 6.45) is 0.0728. The third-order valence-corrected chi connectivity index (χ3v) is 7.95. The van der Waals surface area contributed by atoms with Crippen molar-refractivity contribution in [1.82, 2.24) is 10.2 Å². The highest BCUT2D eigenvalue weighted by molar-refractivity contribution is 6.53. The van der Waals surface area contributed by atoms with Crippen molar-refractivity contribution >= 4 is 86.3 Å². The van der Waals surface area contributed by atoms with Gasteiger partial charge in [0.15, 0.2) is 5.78 Å². The summed E-state index contributed by atoms with van der Waals surface area (Å²) < 4.78 is -1.32. The molecule has 1 fully saturated rings. The molecule has 1 aliphatic carbocycles. The van der Waals surface area contributed by atoms with Crippen LogP contribution in [0.5, 0.6) is 0 Å². The van der Waals surface area contributed by atoms with Crippen molar-refractivity contribution in [3.05, 3.63) is 92.0 Å². The summed E-state index contributed by atoms with van der Waals surface area (Å²) in [7, 11) is 0. The van der Waals surface area contributed by atoms with Gasteiger partial charge in [-0.05, 0) is 60.5 Å². The Kier molecular flexibility index (Phi) is 6.73. The number of Topliss-reactive ketones (excluding diaryl/α,β-unsaturated/α-hetero) is 1. The van der Waals surface area contributed by atoms with Gasteiger partial charge in [-0.25, -0.2) is 0 Å². The lowest BCUT2D eigenvalue weighted by Crippen LogP contribution is -2.17. The molecule has 0 saturated heterocycles. The summed E-state index contributed by atoms with van der Waals surface area (Å²) in [5.74, 6) is -1.83. The molecular weight excluding hydrogens is 564 g/mol. The average molecular weight is 582 g/mol. The first-order valence-electron chi connectivity index (χ1n) is 11.0. The highest BCUT2D eigenvalue weighted by Crippen LogP contribution is 2.65. The first-order valence-corrected chi connectivity index (χ1v) is 12.8. The lowest BCUT2D eigenvalue weighted by atomic mass is 10.0.